The molecule has 0 amide bonds. The van der Waals surface area contributed by atoms with E-state index in [0.717, 1.165) is 12.0 Å². The van der Waals surface area contributed by atoms with Crippen LogP contribution in [0.3, 0.4) is 0 Å². The monoisotopic (exact) mass is 269 g/mol. The highest BCUT2D eigenvalue weighted by Crippen LogP contribution is 2.22. The highest BCUT2D eigenvalue weighted by molar-refractivity contribution is 6.10. The van der Waals surface area contributed by atoms with Gasteiger partial charge in [-0.05, 0) is 24.1 Å². The van der Waals surface area contributed by atoms with Crippen molar-refractivity contribution in [1.82, 2.24) is 0 Å². The SMILES string of the molecule is CCCOc1ccccc1C(=O)c1ccc(CN)cc1. The van der Waals surface area contributed by atoms with Gasteiger partial charge >= 0.3 is 0 Å². The van der Waals surface area contributed by atoms with Crippen molar-refractivity contribution in [1.29, 1.82) is 0 Å². The summed E-state index contributed by atoms with van der Waals surface area (Å²) in [5, 5.41) is 0. The Hall–Kier alpha value is -2.13. The molecule has 0 aliphatic carbocycles. The van der Waals surface area contributed by atoms with Crippen molar-refractivity contribution in [3.63, 3.8) is 0 Å². The van der Waals surface area contributed by atoms with Gasteiger partial charge in [0.05, 0.1) is 12.2 Å². The quantitative estimate of drug-likeness (QED) is 0.819. The predicted octanol–water partition coefficient (Wildman–Crippen LogP) is 3.17. The van der Waals surface area contributed by atoms with Crippen LogP contribution in [0.5, 0.6) is 5.75 Å². The zero-order valence-corrected chi connectivity index (χ0v) is 11.6. The Balaban J connectivity index is 2.27. The van der Waals surface area contributed by atoms with Crippen LogP contribution in [-0.4, -0.2) is 12.4 Å². The van der Waals surface area contributed by atoms with Crippen LogP contribution in [0.15, 0.2) is 48.5 Å². The van der Waals surface area contributed by atoms with E-state index in [0.29, 0.717) is 30.0 Å². The first-order valence-corrected chi connectivity index (χ1v) is 6.81. The molecular weight excluding hydrogens is 250 g/mol. The average molecular weight is 269 g/mol. The Morgan fingerprint density at radius 1 is 1.10 bits per heavy atom. The number of rotatable bonds is 6. The summed E-state index contributed by atoms with van der Waals surface area (Å²) in [4.78, 5) is 12.5. The second kappa shape index (κ2) is 6.87. The number of ether oxygens (including phenoxy) is 1. The first kappa shape index (κ1) is 14.3. The highest BCUT2D eigenvalue weighted by atomic mass is 16.5. The maximum absolute atomic E-state index is 12.5. The molecule has 3 nitrogen and oxygen atoms in total. The van der Waals surface area contributed by atoms with Crippen LogP contribution in [0.2, 0.25) is 0 Å². The van der Waals surface area contributed by atoms with Gasteiger partial charge in [-0.2, -0.15) is 0 Å². The molecular formula is C17H19NO2. The molecule has 0 bridgehead atoms. The molecule has 0 spiro atoms. The lowest BCUT2D eigenvalue weighted by molar-refractivity contribution is 0.103. The minimum absolute atomic E-state index is 0.0275. The molecule has 2 rings (SSSR count). The van der Waals surface area contributed by atoms with Crippen LogP contribution in [0.4, 0.5) is 0 Å². The Morgan fingerprint density at radius 3 is 2.45 bits per heavy atom. The van der Waals surface area contributed by atoms with E-state index in [1.54, 1.807) is 18.2 Å². The standard InChI is InChI=1S/C17H19NO2/c1-2-11-20-16-6-4-3-5-15(16)17(19)14-9-7-13(12-18)8-10-14/h3-10H,2,11-12,18H2,1H3. The smallest absolute Gasteiger partial charge is 0.196 e. The van der Waals surface area contributed by atoms with Gasteiger partial charge in [-0.15, -0.1) is 0 Å². The second-order valence-electron chi connectivity index (χ2n) is 4.57. The van der Waals surface area contributed by atoms with Crippen molar-refractivity contribution in [2.75, 3.05) is 6.61 Å². The molecule has 2 aromatic carbocycles. The fourth-order valence-corrected chi connectivity index (χ4v) is 1.94. The predicted molar refractivity (Wildman–Crippen MR) is 80.0 cm³/mol. The van der Waals surface area contributed by atoms with Crippen molar-refractivity contribution in [3.05, 3.63) is 65.2 Å². The number of hydrogen-bond donors (Lipinski definition) is 1. The third kappa shape index (κ3) is 3.25. The summed E-state index contributed by atoms with van der Waals surface area (Å²) < 4.78 is 5.63. The second-order valence-corrected chi connectivity index (χ2v) is 4.57. The maximum atomic E-state index is 12.5. The van der Waals surface area contributed by atoms with E-state index in [9.17, 15) is 4.79 Å². The molecule has 0 aliphatic heterocycles. The molecule has 0 saturated heterocycles. The van der Waals surface area contributed by atoms with Crippen molar-refractivity contribution in [2.45, 2.75) is 19.9 Å². The Bertz CT molecular complexity index is 576. The number of benzene rings is 2. The van der Waals surface area contributed by atoms with Gasteiger partial charge in [0.25, 0.3) is 0 Å². The highest BCUT2D eigenvalue weighted by Gasteiger charge is 2.14. The summed E-state index contributed by atoms with van der Waals surface area (Å²) in [6.45, 7) is 3.12. The van der Waals surface area contributed by atoms with Crippen LogP contribution >= 0.6 is 0 Å². The van der Waals surface area contributed by atoms with Gasteiger partial charge < -0.3 is 10.5 Å². The van der Waals surface area contributed by atoms with E-state index in [-0.39, 0.29) is 5.78 Å². The van der Waals surface area contributed by atoms with Gasteiger partial charge in [-0.25, -0.2) is 0 Å². The molecule has 0 heterocycles. The lowest BCUT2D eigenvalue weighted by atomic mass is 10.0. The Kier molecular flexibility index (Phi) is 4.91. The van der Waals surface area contributed by atoms with Crippen molar-refractivity contribution < 1.29 is 9.53 Å². The molecule has 0 atom stereocenters. The number of nitrogens with two attached hydrogens (primary N) is 1. The van der Waals surface area contributed by atoms with Crippen LogP contribution in [0.25, 0.3) is 0 Å². The molecule has 3 heteroatoms. The first-order valence-electron chi connectivity index (χ1n) is 6.81. The number of carbonyl (C=O) groups is 1. The van der Waals surface area contributed by atoms with Gasteiger partial charge in [0.1, 0.15) is 5.75 Å². The fourth-order valence-electron chi connectivity index (χ4n) is 1.94. The number of ketones is 1. The van der Waals surface area contributed by atoms with Crippen molar-refractivity contribution in [3.8, 4) is 5.75 Å². The van der Waals surface area contributed by atoms with Gasteiger partial charge in [-0.3, -0.25) is 4.79 Å². The van der Waals surface area contributed by atoms with Crippen molar-refractivity contribution >= 4 is 5.78 Å². The van der Waals surface area contributed by atoms with E-state index in [2.05, 4.69) is 0 Å². The molecule has 104 valence electrons. The Labute approximate surface area is 119 Å². The number of carbonyl (C=O) groups excluding carboxylic acids is 1. The van der Waals surface area contributed by atoms with E-state index < -0.39 is 0 Å². The fraction of sp³-hybridized carbons (Fsp3) is 0.235. The van der Waals surface area contributed by atoms with Crippen LogP contribution in [-0.2, 0) is 6.54 Å². The van der Waals surface area contributed by atoms with Gasteiger partial charge in [0, 0.05) is 12.1 Å². The third-order valence-corrected chi connectivity index (χ3v) is 3.05. The van der Waals surface area contributed by atoms with E-state index in [1.807, 2.05) is 37.3 Å². The number of para-hydroxylation sites is 1. The molecule has 0 unspecified atom stereocenters. The minimum Gasteiger partial charge on any atom is -0.493 e. The summed E-state index contributed by atoms with van der Waals surface area (Å²) in [7, 11) is 0. The topological polar surface area (TPSA) is 52.3 Å². The van der Waals surface area contributed by atoms with Crippen LogP contribution < -0.4 is 10.5 Å². The van der Waals surface area contributed by atoms with E-state index in [1.165, 1.54) is 0 Å². The molecule has 0 aliphatic rings. The zero-order chi connectivity index (χ0) is 14.4. The largest absolute Gasteiger partial charge is 0.493 e. The first-order chi connectivity index (χ1) is 9.76. The third-order valence-electron chi connectivity index (χ3n) is 3.05. The molecule has 2 aromatic rings. The lowest BCUT2D eigenvalue weighted by Gasteiger charge is -2.10. The van der Waals surface area contributed by atoms with Gasteiger partial charge in [-0.1, -0.05) is 43.3 Å². The molecule has 0 aromatic heterocycles. The molecule has 0 saturated carbocycles. The van der Waals surface area contributed by atoms with Crippen molar-refractivity contribution in [2.24, 2.45) is 5.73 Å². The van der Waals surface area contributed by atoms with Gasteiger partial charge in [0.2, 0.25) is 0 Å². The number of hydrogen-bond acceptors (Lipinski definition) is 3. The molecule has 0 radical (unpaired) electrons. The molecule has 20 heavy (non-hydrogen) atoms. The van der Waals surface area contributed by atoms with Crippen LogP contribution in [0, 0.1) is 0 Å². The molecule has 2 N–H and O–H groups in total. The molecule has 0 fully saturated rings. The van der Waals surface area contributed by atoms with Crippen LogP contribution in [0.1, 0.15) is 34.8 Å². The minimum atomic E-state index is -0.0275. The lowest BCUT2D eigenvalue weighted by Crippen LogP contribution is -2.06. The normalized spacial score (nSPS) is 10.3. The van der Waals surface area contributed by atoms with E-state index >= 15 is 0 Å². The van der Waals surface area contributed by atoms with Gasteiger partial charge in [0.15, 0.2) is 5.78 Å². The Morgan fingerprint density at radius 2 is 1.80 bits per heavy atom. The summed E-state index contributed by atoms with van der Waals surface area (Å²) in [5.74, 6) is 0.613. The summed E-state index contributed by atoms with van der Waals surface area (Å²) in [6, 6.07) is 14.7. The van der Waals surface area contributed by atoms with E-state index in [4.69, 9.17) is 10.5 Å². The summed E-state index contributed by atoms with van der Waals surface area (Å²) in [5.41, 5.74) is 7.82. The average Bonchev–Trinajstić information content (AvgIpc) is 2.52. The zero-order valence-electron chi connectivity index (χ0n) is 11.6. The maximum Gasteiger partial charge on any atom is 0.196 e. The summed E-state index contributed by atoms with van der Waals surface area (Å²) >= 11 is 0. The summed E-state index contributed by atoms with van der Waals surface area (Å²) in [6.07, 6.45) is 0.910.